The van der Waals surface area contributed by atoms with Crippen molar-refractivity contribution in [2.45, 2.75) is 20.0 Å². The van der Waals surface area contributed by atoms with Crippen LogP contribution in [0.4, 0.5) is 13.2 Å². The van der Waals surface area contributed by atoms with Gasteiger partial charge in [0.1, 0.15) is 0 Å². The molecule has 1 aromatic carbocycles. The highest BCUT2D eigenvalue weighted by Gasteiger charge is 2.32. The molecule has 0 aliphatic carbocycles. The number of hydrogen-bond donors (Lipinski definition) is 0. The summed E-state index contributed by atoms with van der Waals surface area (Å²) in [5.74, 6) is 0. The summed E-state index contributed by atoms with van der Waals surface area (Å²) in [5, 5.41) is 0.366. The van der Waals surface area contributed by atoms with E-state index in [-0.39, 0.29) is 5.56 Å². The van der Waals surface area contributed by atoms with E-state index in [4.69, 9.17) is 11.6 Å². The molecule has 0 saturated heterocycles. The minimum Gasteiger partial charge on any atom is -0.166 e. The zero-order valence-electron chi connectivity index (χ0n) is 7.17. The van der Waals surface area contributed by atoms with Crippen molar-refractivity contribution in [1.29, 1.82) is 0 Å². The number of halogens is 4. The lowest BCUT2D eigenvalue weighted by atomic mass is 10.1. The molecule has 4 heteroatoms. The van der Waals surface area contributed by atoms with Crippen LogP contribution >= 0.6 is 11.6 Å². The average Bonchev–Trinajstić information content (AvgIpc) is 1.94. The van der Waals surface area contributed by atoms with Gasteiger partial charge in [-0.2, -0.15) is 13.2 Å². The summed E-state index contributed by atoms with van der Waals surface area (Å²) in [6.07, 6.45) is -4.29. The topological polar surface area (TPSA) is 0 Å². The molecule has 0 radical (unpaired) electrons. The first kappa shape index (κ1) is 10.4. The highest BCUT2D eigenvalue weighted by molar-refractivity contribution is 6.31. The third kappa shape index (κ3) is 2.15. The van der Waals surface area contributed by atoms with Crippen molar-refractivity contribution < 1.29 is 13.2 Å². The summed E-state index contributed by atoms with van der Waals surface area (Å²) in [5.41, 5.74) is -0.0166. The maximum Gasteiger partial charge on any atom is 0.416 e. The summed E-state index contributed by atoms with van der Waals surface area (Å²) < 4.78 is 37.0. The van der Waals surface area contributed by atoms with Gasteiger partial charge < -0.3 is 0 Å². The Bertz CT molecular complexity index is 328. The zero-order valence-corrected chi connectivity index (χ0v) is 7.92. The van der Waals surface area contributed by atoms with E-state index in [1.165, 1.54) is 13.0 Å². The van der Waals surface area contributed by atoms with Crippen molar-refractivity contribution in [3.05, 3.63) is 33.8 Å². The molecule has 72 valence electrons. The molecule has 1 rings (SSSR count). The molecule has 1 aromatic rings. The van der Waals surface area contributed by atoms with Gasteiger partial charge in [-0.25, -0.2) is 0 Å². The van der Waals surface area contributed by atoms with Gasteiger partial charge in [-0.1, -0.05) is 11.6 Å². The molecule has 0 N–H and O–H groups in total. The molecule has 0 atom stereocenters. The van der Waals surface area contributed by atoms with Crippen LogP contribution in [0.2, 0.25) is 5.02 Å². The third-order valence-electron chi connectivity index (χ3n) is 1.81. The van der Waals surface area contributed by atoms with E-state index >= 15 is 0 Å². The fourth-order valence-electron chi connectivity index (χ4n) is 1.09. The fraction of sp³-hybridized carbons (Fsp3) is 0.333. The van der Waals surface area contributed by atoms with Gasteiger partial charge >= 0.3 is 6.18 Å². The molecule has 0 nitrogen and oxygen atoms in total. The van der Waals surface area contributed by atoms with Gasteiger partial charge in [0.2, 0.25) is 0 Å². The molecular weight excluding hydrogens is 201 g/mol. The van der Waals surface area contributed by atoms with E-state index in [0.29, 0.717) is 10.6 Å². The predicted molar refractivity (Wildman–Crippen MR) is 45.9 cm³/mol. The number of rotatable bonds is 0. The van der Waals surface area contributed by atoms with Gasteiger partial charge in [0.25, 0.3) is 0 Å². The first-order valence-corrected chi connectivity index (χ1v) is 4.04. The zero-order chi connectivity index (χ0) is 10.2. The van der Waals surface area contributed by atoms with Crippen LogP contribution in [-0.2, 0) is 6.18 Å². The largest absolute Gasteiger partial charge is 0.416 e. The Hall–Kier alpha value is -0.700. The van der Waals surface area contributed by atoms with Crippen LogP contribution in [0.1, 0.15) is 16.7 Å². The molecule has 0 unspecified atom stereocenters. The maximum atomic E-state index is 12.3. The molecule has 0 spiro atoms. The van der Waals surface area contributed by atoms with Crippen LogP contribution in [0.25, 0.3) is 0 Å². The van der Waals surface area contributed by atoms with Crippen LogP contribution in [0.5, 0.6) is 0 Å². The molecule has 0 heterocycles. The minimum absolute atomic E-state index is 0.156. The monoisotopic (exact) mass is 208 g/mol. The molecule has 0 amide bonds. The van der Waals surface area contributed by atoms with Gasteiger partial charge in [0, 0.05) is 5.02 Å². The van der Waals surface area contributed by atoms with Crippen molar-refractivity contribution in [2.75, 3.05) is 0 Å². The Morgan fingerprint density at radius 3 is 2.08 bits per heavy atom. The lowest BCUT2D eigenvalue weighted by Gasteiger charge is -2.11. The molecule has 0 bridgehead atoms. The van der Waals surface area contributed by atoms with Crippen molar-refractivity contribution in [2.24, 2.45) is 0 Å². The van der Waals surface area contributed by atoms with Crippen LogP contribution in [0, 0.1) is 13.8 Å². The fourth-order valence-corrected chi connectivity index (χ4v) is 1.30. The Labute approximate surface area is 79.3 Å². The molecule has 0 saturated carbocycles. The summed E-state index contributed by atoms with van der Waals surface area (Å²) in [4.78, 5) is 0. The second-order valence-corrected chi connectivity index (χ2v) is 3.32. The van der Waals surface area contributed by atoms with E-state index in [1.807, 2.05) is 0 Å². The minimum atomic E-state index is -4.29. The van der Waals surface area contributed by atoms with Gasteiger partial charge in [0.05, 0.1) is 5.56 Å². The summed E-state index contributed by atoms with van der Waals surface area (Å²) in [6, 6.07) is 2.40. The molecule has 0 aromatic heterocycles. The van der Waals surface area contributed by atoms with E-state index < -0.39 is 11.7 Å². The number of alkyl halides is 3. The van der Waals surface area contributed by atoms with Gasteiger partial charge in [0.15, 0.2) is 0 Å². The van der Waals surface area contributed by atoms with Crippen LogP contribution in [-0.4, -0.2) is 0 Å². The van der Waals surface area contributed by atoms with Gasteiger partial charge in [-0.3, -0.25) is 0 Å². The van der Waals surface area contributed by atoms with E-state index in [0.717, 1.165) is 6.07 Å². The first-order chi connectivity index (χ1) is 5.82. The second-order valence-electron chi connectivity index (χ2n) is 2.91. The highest BCUT2D eigenvalue weighted by Crippen LogP contribution is 2.34. The molecule has 0 aliphatic heterocycles. The first-order valence-electron chi connectivity index (χ1n) is 3.66. The molecule has 0 aliphatic rings. The van der Waals surface area contributed by atoms with Crippen molar-refractivity contribution in [3.8, 4) is 0 Å². The summed E-state index contributed by atoms with van der Waals surface area (Å²) >= 11 is 5.67. The number of hydrogen-bond acceptors (Lipinski definition) is 0. The maximum absolute atomic E-state index is 12.3. The van der Waals surface area contributed by atoms with E-state index in [1.54, 1.807) is 6.92 Å². The van der Waals surface area contributed by atoms with Crippen molar-refractivity contribution >= 4 is 11.6 Å². The SMILES string of the molecule is Cc1cc(C(F)(F)F)c(C)cc1Cl. The Kier molecular flexibility index (Phi) is 2.57. The molecule has 13 heavy (non-hydrogen) atoms. The predicted octanol–water partition coefficient (Wildman–Crippen LogP) is 3.98. The average molecular weight is 209 g/mol. The van der Waals surface area contributed by atoms with Crippen LogP contribution in [0.15, 0.2) is 12.1 Å². The lowest BCUT2D eigenvalue weighted by Crippen LogP contribution is -2.07. The smallest absolute Gasteiger partial charge is 0.166 e. The molecule has 0 fully saturated rings. The van der Waals surface area contributed by atoms with Crippen molar-refractivity contribution in [1.82, 2.24) is 0 Å². The molecular formula is C9H8ClF3. The standard InChI is InChI=1S/C9H8ClF3/c1-5-4-8(10)6(2)3-7(5)9(11,12)13/h3-4H,1-2H3. The van der Waals surface area contributed by atoms with E-state index in [2.05, 4.69) is 0 Å². The lowest BCUT2D eigenvalue weighted by molar-refractivity contribution is -0.138. The van der Waals surface area contributed by atoms with Gasteiger partial charge in [-0.05, 0) is 37.1 Å². The number of benzene rings is 1. The highest BCUT2D eigenvalue weighted by atomic mass is 35.5. The van der Waals surface area contributed by atoms with Crippen LogP contribution < -0.4 is 0 Å². The summed E-state index contributed by atoms with van der Waals surface area (Å²) in [7, 11) is 0. The quantitative estimate of drug-likeness (QED) is 0.605. The summed E-state index contributed by atoms with van der Waals surface area (Å²) in [6.45, 7) is 2.95. The number of aryl methyl sites for hydroxylation is 2. The third-order valence-corrected chi connectivity index (χ3v) is 2.22. The van der Waals surface area contributed by atoms with Gasteiger partial charge in [-0.15, -0.1) is 0 Å². The Morgan fingerprint density at radius 1 is 1.08 bits per heavy atom. The second kappa shape index (κ2) is 3.22. The van der Waals surface area contributed by atoms with E-state index in [9.17, 15) is 13.2 Å². The Balaban J connectivity index is 3.32. The normalized spacial score (nSPS) is 11.8. The van der Waals surface area contributed by atoms with Crippen LogP contribution in [0.3, 0.4) is 0 Å². The Morgan fingerprint density at radius 2 is 1.62 bits per heavy atom. The van der Waals surface area contributed by atoms with Crippen molar-refractivity contribution in [3.63, 3.8) is 0 Å².